The van der Waals surface area contributed by atoms with E-state index in [-0.39, 0.29) is 5.89 Å². The molecular weight excluding hydrogens is 373 g/mol. The fourth-order valence-electron chi connectivity index (χ4n) is 2.05. The van der Waals surface area contributed by atoms with E-state index in [1.54, 1.807) is 36.4 Å². The standard InChI is InChI=1S/C16H10Cl3N3O2/c17-11-7-3-1-5-9(11)16-21-14(22-24-16)10-6-2-4-8-12(10)20-15(23)13(18)19/h1-8,13H,(H,20,23). The highest BCUT2D eigenvalue weighted by Gasteiger charge is 2.18. The summed E-state index contributed by atoms with van der Waals surface area (Å²) in [5, 5.41) is 7.07. The minimum absolute atomic E-state index is 0.282. The third-order valence-corrected chi connectivity index (χ3v) is 3.88. The fraction of sp³-hybridized carbons (Fsp3) is 0.0625. The van der Waals surface area contributed by atoms with Gasteiger partial charge < -0.3 is 9.84 Å². The maximum absolute atomic E-state index is 11.7. The Kier molecular flexibility index (Phi) is 5.04. The van der Waals surface area contributed by atoms with Crippen LogP contribution in [-0.4, -0.2) is 20.9 Å². The smallest absolute Gasteiger partial charge is 0.259 e. The Morgan fingerprint density at radius 3 is 2.42 bits per heavy atom. The summed E-state index contributed by atoms with van der Waals surface area (Å²) in [6.07, 6.45) is 0. The first-order valence-corrected chi connectivity index (χ1v) is 8.08. The molecule has 1 N–H and O–H groups in total. The lowest BCUT2D eigenvalue weighted by atomic mass is 10.1. The molecule has 0 atom stereocenters. The van der Waals surface area contributed by atoms with Gasteiger partial charge in [0.15, 0.2) is 4.84 Å². The molecule has 3 aromatic rings. The van der Waals surface area contributed by atoms with Crippen LogP contribution in [0.15, 0.2) is 53.1 Å². The summed E-state index contributed by atoms with van der Waals surface area (Å²) >= 11 is 17.3. The monoisotopic (exact) mass is 381 g/mol. The summed E-state index contributed by atoms with van der Waals surface area (Å²) < 4.78 is 5.28. The Balaban J connectivity index is 1.96. The van der Waals surface area contributed by atoms with Crippen LogP contribution in [0.25, 0.3) is 22.8 Å². The maximum Gasteiger partial charge on any atom is 0.259 e. The third kappa shape index (κ3) is 3.53. The van der Waals surface area contributed by atoms with Crippen molar-refractivity contribution in [2.75, 3.05) is 5.32 Å². The lowest BCUT2D eigenvalue weighted by Gasteiger charge is -2.08. The molecule has 0 bridgehead atoms. The first-order chi connectivity index (χ1) is 11.6. The van der Waals surface area contributed by atoms with Gasteiger partial charge in [0.25, 0.3) is 11.8 Å². The van der Waals surface area contributed by atoms with Gasteiger partial charge in [-0.05, 0) is 24.3 Å². The largest absolute Gasteiger partial charge is 0.334 e. The minimum atomic E-state index is -1.18. The highest BCUT2D eigenvalue weighted by molar-refractivity contribution is 6.54. The average Bonchev–Trinajstić information content (AvgIpc) is 3.05. The van der Waals surface area contributed by atoms with E-state index in [4.69, 9.17) is 39.3 Å². The number of anilines is 1. The molecule has 0 saturated carbocycles. The number of rotatable bonds is 4. The predicted molar refractivity (Wildman–Crippen MR) is 94.3 cm³/mol. The molecule has 0 aliphatic heterocycles. The van der Waals surface area contributed by atoms with Gasteiger partial charge >= 0.3 is 0 Å². The van der Waals surface area contributed by atoms with E-state index in [2.05, 4.69) is 15.5 Å². The molecule has 5 nitrogen and oxygen atoms in total. The molecule has 122 valence electrons. The Hall–Kier alpha value is -2.08. The van der Waals surface area contributed by atoms with Crippen molar-refractivity contribution in [3.63, 3.8) is 0 Å². The van der Waals surface area contributed by atoms with E-state index >= 15 is 0 Å². The van der Waals surface area contributed by atoms with Gasteiger partial charge in [-0.1, -0.05) is 64.2 Å². The van der Waals surface area contributed by atoms with Crippen molar-refractivity contribution in [2.45, 2.75) is 4.84 Å². The summed E-state index contributed by atoms with van der Waals surface area (Å²) in [5.74, 6) is 0.0476. The van der Waals surface area contributed by atoms with E-state index < -0.39 is 10.7 Å². The number of alkyl halides is 2. The van der Waals surface area contributed by atoms with E-state index in [0.717, 1.165) is 0 Å². The topological polar surface area (TPSA) is 68.0 Å². The van der Waals surface area contributed by atoms with Crippen LogP contribution in [0, 0.1) is 0 Å². The molecule has 2 aromatic carbocycles. The Bertz CT molecular complexity index is 880. The van der Waals surface area contributed by atoms with E-state index in [9.17, 15) is 4.79 Å². The number of aromatic nitrogens is 2. The predicted octanol–water partition coefficient (Wildman–Crippen LogP) is 4.80. The molecule has 0 saturated heterocycles. The van der Waals surface area contributed by atoms with Gasteiger partial charge in [0.05, 0.1) is 16.3 Å². The number of nitrogens with zero attached hydrogens (tertiary/aromatic N) is 2. The van der Waals surface area contributed by atoms with E-state index in [0.29, 0.717) is 27.7 Å². The molecule has 0 radical (unpaired) electrons. The second-order valence-electron chi connectivity index (χ2n) is 4.74. The first kappa shape index (κ1) is 16.8. The summed E-state index contributed by atoms with van der Waals surface area (Å²) in [7, 11) is 0. The quantitative estimate of drug-likeness (QED) is 0.658. The lowest BCUT2D eigenvalue weighted by molar-refractivity contribution is -0.114. The molecule has 3 rings (SSSR count). The van der Waals surface area contributed by atoms with Gasteiger partial charge in [0, 0.05) is 5.56 Å². The van der Waals surface area contributed by atoms with Crippen molar-refractivity contribution in [3.05, 3.63) is 53.6 Å². The molecular formula is C16H10Cl3N3O2. The second-order valence-corrected chi connectivity index (χ2v) is 6.24. The number of hydrogen-bond acceptors (Lipinski definition) is 4. The molecule has 0 aliphatic rings. The Labute approximate surface area is 152 Å². The number of carbonyl (C=O) groups excluding carboxylic acids is 1. The maximum atomic E-state index is 11.7. The van der Waals surface area contributed by atoms with Gasteiger partial charge in [0.2, 0.25) is 5.82 Å². The number of amides is 1. The SMILES string of the molecule is O=C(Nc1ccccc1-c1noc(-c2ccccc2Cl)n1)C(Cl)Cl. The van der Waals surface area contributed by atoms with E-state index in [1.807, 2.05) is 12.1 Å². The van der Waals surface area contributed by atoms with Gasteiger partial charge in [-0.3, -0.25) is 4.79 Å². The highest BCUT2D eigenvalue weighted by Crippen LogP contribution is 2.30. The van der Waals surface area contributed by atoms with Crippen LogP contribution in [0.1, 0.15) is 0 Å². The number of hydrogen-bond donors (Lipinski definition) is 1. The summed E-state index contributed by atoms with van der Waals surface area (Å²) in [4.78, 5) is 14.9. The molecule has 24 heavy (non-hydrogen) atoms. The van der Waals surface area contributed by atoms with Crippen molar-refractivity contribution < 1.29 is 9.32 Å². The summed E-state index contributed by atoms with van der Waals surface area (Å²) in [6.45, 7) is 0. The molecule has 0 aliphatic carbocycles. The third-order valence-electron chi connectivity index (χ3n) is 3.15. The average molecular weight is 383 g/mol. The van der Waals surface area contributed by atoms with Crippen LogP contribution in [0.3, 0.4) is 0 Å². The molecule has 1 aromatic heterocycles. The zero-order chi connectivity index (χ0) is 17.1. The van der Waals surface area contributed by atoms with Crippen LogP contribution >= 0.6 is 34.8 Å². The lowest BCUT2D eigenvalue weighted by Crippen LogP contribution is -2.19. The van der Waals surface area contributed by atoms with Crippen molar-refractivity contribution in [2.24, 2.45) is 0 Å². The van der Waals surface area contributed by atoms with Gasteiger partial charge in [-0.15, -0.1) is 0 Å². The van der Waals surface area contributed by atoms with Gasteiger partial charge in [-0.25, -0.2) is 0 Å². The van der Waals surface area contributed by atoms with Crippen LogP contribution in [0.4, 0.5) is 5.69 Å². The number of benzene rings is 2. The van der Waals surface area contributed by atoms with Crippen LogP contribution in [0.2, 0.25) is 5.02 Å². The fourth-order valence-corrected chi connectivity index (χ4v) is 2.38. The Morgan fingerprint density at radius 2 is 1.71 bits per heavy atom. The van der Waals surface area contributed by atoms with Crippen LogP contribution in [-0.2, 0) is 4.79 Å². The second kappa shape index (κ2) is 7.21. The molecule has 0 fully saturated rings. The zero-order valence-corrected chi connectivity index (χ0v) is 14.3. The summed E-state index contributed by atoms with van der Waals surface area (Å²) in [5.41, 5.74) is 1.67. The van der Waals surface area contributed by atoms with Crippen molar-refractivity contribution in [1.29, 1.82) is 0 Å². The molecule has 1 heterocycles. The number of nitrogens with one attached hydrogen (secondary N) is 1. The minimum Gasteiger partial charge on any atom is -0.334 e. The normalized spacial score (nSPS) is 10.8. The zero-order valence-electron chi connectivity index (χ0n) is 12.0. The molecule has 0 unspecified atom stereocenters. The Morgan fingerprint density at radius 1 is 1.04 bits per heavy atom. The molecule has 1 amide bonds. The van der Waals surface area contributed by atoms with Crippen molar-refractivity contribution in [1.82, 2.24) is 10.1 Å². The molecule has 0 spiro atoms. The summed E-state index contributed by atoms with van der Waals surface area (Å²) in [6, 6.07) is 14.1. The molecule has 8 heteroatoms. The van der Waals surface area contributed by atoms with E-state index in [1.165, 1.54) is 0 Å². The number of para-hydroxylation sites is 1. The number of halogens is 3. The van der Waals surface area contributed by atoms with Gasteiger partial charge in [0.1, 0.15) is 0 Å². The van der Waals surface area contributed by atoms with Crippen LogP contribution < -0.4 is 5.32 Å². The first-order valence-electron chi connectivity index (χ1n) is 6.83. The van der Waals surface area contributed by atoms with Crippen LogP contribution in [0.5, 0.6) is 0 Å². The van der Waals surface area contributed by atoms with Crippen molar-refractivity contribution in [3.8, 4) is 22.8 Å². The number of carbonyl (C=O) groups is 1. The van der Waals surface area contributed by atoms with Crippen molar-refractivity contribution >= 4 is 46.4 Å². The highest BCUT2D eigenvalue weighted by atomic mass is 35.5. The van der Waals surface area contributed by atoms with Gasteiger partial charge in [-0.2, -0.15) is 4.98 Å².